The van der Waals surface area contributed by atoms with E-state index in [-0.39, 0.29) is 18.6 Å². The van der Waals surface area contributed by atoms with Crippen LogP contribution in [-0.4, -0.2) is 39.1 Å². The number of carbonyl (C=O) groups is 2. The zero-order valence-electron chi connectivity index (χ0n) is 9.92. The number of imidazole rings is 1. The van der Waals surface area contributed by atoms with Crippen LogP contribution in [0.15, 0.2) is 12.5 Å². The molecule has 0 aliphatic carbocycles. The van der Waals surface area contributed by atoms with Gasteiger partial charge in [0.05, 0.1) is 18.1 Å². The summed E-state index contributed by atoms with van der Waals surface area (Å²) >= 11 is 0. The van der Waals surface area contributed by atoms with E-state index in [1.807, 2.05) is 17.8 Å². The van der Waals surface area contributed by atoms with Gasteiger partial charge in [-0.15, -0.1) is 0 Å². The van der Waals surface area contributed by atoms with Crippen LogP contribution in [0, 0.1) is 0 Å². The lowest BCUT2D eigenvalue weighted by Crippen LogP contribution is -2.39. The minimum atomic E-state index is -0.544. The van der Waals surface area contributed by atoms with Crippen LogP contribution < -0.4 is 0 Å². The monoisotopic (exact) mass is 237 g/mol. The normalized spacial score (nSPS) is 19.5. The van der Waals surface area contributed by atoms with Crippen LogP contribution in [0.5, 0.6) is 0 Å². The fraction of sp³-hybridized carbons (Fsp3) is 0.545. The molecular formula is C11H15N3O3. The average molecular weight is 237 g/mol. The topological polar surface area (TPSA) is 64.4 Å². The van der Waals surface area contributed by atoms with Gasteiger partial charge in [-0.25, -0.2) is 14.7 Å². The summed E-state index contributed by atoms with van der Waals surface area (Å²) in [5.74, 6) is -0.201. The van der Waals surface area contributed by atoms with Crippen molar-refractivity contribution < 1.29 is 14.3 Å². The maximum atomic E-state index is 11.6. The molecule has 1 aromatic rings. The fourth-order valence-electron chi connectivity index (χ4n) is 1.90. The molecule has 0 radical (unpaired) electrons. The first kappa shape index (κ1) is 11.6. The Kier molecular flexibility index (Phi) is 3.12. The third-order valence-electron chi connectivity index (χ3n) is 2.74. The molecule has 2 heterocycles. The van der Waals surface area contributed by atoms with Gasteiger partial charge in [0.2, 0.25) is 5.91 Å². The summed E-state index contributed by atoms with van der Waals surface area (Å²) in [4.78, 5) is 28.5. The summed E-state index contributed by atoms with van der Waals surface area (Å²) in [7, 11) is 1.88. The van der Waals surface area contributed by atoms with Crippen molar-refractivity contribution in [3.63, 3.8) is 0 Å². The highest BCUT2D eigenvalue weighted by atomic mass is 16.6. The van der Waals surface area contributed by atoms with Crippen LogP contribution in [0.3, 0.4) is 0 Å². The van der Waals surface area contributed by atoms with Gasteiger partial charge in [0.15, 0.2) is 0 Å². The molecule has 0 spiro atoms. The second-order valence-electron chi connectivity index (χ2n) is 4.08. The third-order valence-corrected chi connectivity index (χ3v) is 2.74. The van der Waals surface area contributed by atoms with Crippen LogP contribution in [-0.2, 0) is 23.0 Å². The molecule has 2 rings (SSSR count). The molecule has 1 aromatic heterocycles. The lowest BCUT2D eigenvalue weighted by Gasteiger charge is -2.17. The van der Waals surface area contributed by atoms with Gasteiger partial charge in [-0.3, -0.25) is 4.79 Å². The van der Waals surface area contributed by atoms with Crippen molar-refractivity contribution in [3.05, 3.63) is 18.2 Å². The predicted molar refractivity (Wildman–Crippen MR) is 59.2 cm³/mol. The minimum absolute atomic E-state index is 0.201. The zero-order valence-corrected chi connectivity index (χ0v) is 9.92. The molecule has 17 heavy (non-hydrogen) atoms. The molecule has 1 fully saturated rings. The average Bonchev–Trinajstić information content (AvgIpc) is 2.86. The molecule has 0 aromatic carbocycles. The number of hydrogen-bond acceptors (Lipinski definition) is 4. The zero-order chi connectivity index (χ0) is 12.4. The van der Waals surface area contributed by atoms with Gasteiger partial charge in [-0.1, -0.05) is 6.92 Å². The summed E-state index contributed by atoms with van der Waals surface area (Å²) in [6.45, 7) is 1.98. The smallest absolute Gasteiger partial charge is 0.416 e. The van der Waals surface area contributed by atoms with Gasteiger partial charge in [0, 0.05) is 26.1 Å². The Morgan fingerprint density at radius 1 is 1.65 bits per heavy atom. The standard InChI is InChI=1S/C11H15N3O3/c1-3-10(15)14-9(6-17-11(14)16)4-8-5-13(2)7-12-8/h5,7,9H,3-4,6H2,1-2H3. The number of amides is 2. The molecule has 92 valence electrons. The number of hydrogen-bond donors (Lipinski definition) is 0. The minimum Gasteiger partial charge on any atom is -0.447 e. The first-order chi connectivity index (χ1) is 8.11. The Morgan fingerprint density at radius 2 is 2.41 bits per heavy atom. The lowest BCUT2D eigenvalue weighted by atomic mass is 10.1. The Morgan fingerprint density at radius 3 is 3.00 bits per heavy atom. The van der Waals surface area contributed by atoms with Gasteiger partial charge in [-0.05, 0) is 0 Å². The summed E-state index contributed by atoms with van der Waals surface area (Å²) < 4.78 is 6.74. The fourth-order valence-corrected chi connectivity index (χ4v) is 1.90. The van der Waals surface area contributed by atoms with E-state index in [1.54, 1.807) is 13.3 Å². The number of imide groups is 1. The van der Waals surface area contributed by atoms with E-state index in [2.05, 4.69) is 4.98 Å². The molecule has 6 nitrogen and oxygen atoms in total. The van der Waals surface area contributed by atoms with Gasteiger partial charge in [0.25, 0.3) is 0 Å². The number of cyclic esters (lactones) is 1. The second kappa shape index (κ2) is 4.57. The highest BCUT2D eigenvalue weighted by Crippen LogP contribution is 2.17. The molecule has 1 atom stereocenters. The molecule has 2 amide bonds. The predicted octanol–water partition coefficient (Wildman–Crippen LogP) is 0.720. The molecule has 0 N–H and O–H groups in total. The Bertz CT molecular complexity index is 441. The quantitative estimate of drug-likeness (QED) is 0.777. The lowest BCUT2D eigenvalue weighted by molar-refractivity contribution is -0.128. The number of aromatic nitrogens is 2. The molecule has 6 heteroatoms. The van der Waals surface area contributed by atoms with Crippen LogP contribution in [0.1, 0.15) is 19.0 Å². The molecule has 1 saturated heterocycles. The van der Waals surface area contributed by atoms with Gasteiger partial charge in [-0.2, -0.15) is 0 Å². The molecule has 0 saturated carbocycles. The first-order valence-electron chi connectivity index (χ1n) is 5.57. The Hall–Kier alpha value is -1.85. The molecule has 0 bridgehead atoms. The van der Waals surface area contributed by atoms with Crippen molar-refractivity contribution in [2.24, 2.45) is 7.05 Å². The van der Waals surface area contributed by atoms with E-state index in [0.29, 0.717) is 12.8 Å². The third kappa shape index (κ3) is 2.30. The number of carbonyl (C=O) groups excluding carboxylic acids is 2. The van der Waals surface area contributed by atoms with Crippen molar-refractivity contribution in [1.29, 1.82) is 0 Å². The van der Waals surface area contributed by atoms with Gasteiger partial charge in [0.1, 0.15) is 6.61 Å². The molecule has 1 aliphatic rings. The highest BCUT2D eigenvalue weighted by Gasteiger charge is 2.37. The van der Waals surface area contributed by atoms with Crippen LogP contribution in [0.2, 0.25) is 0 Å². The molecule has 1 aliphatic heterocycles. The van der Waals surface area contributed by atoms with E-state index < -0.39 is 6.09 Å². The van der Waals surface area contributed by atoms with Crippen LogP contribution in [0.4, 0.5) is 4.79 Å². The van der Waals surface area contributed by atoms with E-state index >= 15 is 0 Å². The van der Waals surface area contributed by atoms with Crippen LogP contribution >= 0.6 is 0 Å². The van der Waals surface area contributed by atoms with E-state index in [1.165, 1.54) is 4.90 Å². The Balaban J connectivity index is 2.09. The summed E-state index contributed by atoms with van der Waals surface area (Å²) in [6.07, 6.45) is 3.86. The Labute approximate surface area is 99.2 Å². The first-order valence-corrected chi connectivity index (χ1v) is 5.57. The number of ether oxygens (including phenoxy) is 1. The largest absolute Gasteiger partial charge is 0.447 e. The number of rotatable bonds is 3. The molecule has 1 unspecified atom stereocenters. The van der Waals surface area contributed by atoms with Crippen molar-refractivity contribution in [3.8, 4) is 0 Å². The summed E-state index contributed by atoms with van der Waals surface area (Å²) in [6, 6.07) is -0.232. The summed E-state index contributed by atoms with van der Waals surface area (Å²) in [5.41, 5.74) is 0.852. The van der Waals surface area contributed by atoms with Crippen molar-refractivity contribution in [2.75, 3.05) is 6.61 Å². The summed E-state index contributed by atoms with van der Waals surface area (Å²) in [5, 5.41) is 0. The van der Waals surface area contributed by atoms with Gasteiger partial charge >= 0.3 is 6.09 Å². The second-order valence-corrected chi connectivity index (χ2v) is 4.08. The molecular weight excluding hydrogens is 222 g/mol. The number of aryl methyl sites for hydroxylation is 1. The maximum Gasteiger partial charge on any atom is 0.416 e. The van der Waals surface area contributed by atoms with E-state index in [4.69, 9.17) is 4.74 Å². The van der Waals surface area contributed by atoms with Crippen molar-refractivity contribution in [2.45, 2.75) is 25.8 Å². The van der Waals surface area contributed by atoms with E-state index in [9.17, 15) is 9.59 Å². The maximum absolute atomic E-state index is 11.6. The van der Waals surface area contributed by atoms with E-state index in [0.717, 1.165) is 5.69 Å². The highest BCUT2D eigenvalue weighted by molar-refractivity contribution is 5.93. The van der Waals surface area contributed by atoms with Crippen LogP contribution in [0.25, 0.3) is 0 Å². The van der Waals surface area contributed by atoms with Crippen molar-refractivity contribution in [1.82, 2.24) is 14.5 Å². The van der Waals surface area contributed by atoms with Crippen molar-refractivity contribution >= 4 is 12.0 Å². The number of nitrogens with zero attached hydrogens (tertiary/aromatic N) is 3. The SMILES string of the molecule is CCC(=O)N1C(=O)OCC1Cc1cn(C)cn1. The van der Waals surface area contributed by atoms with Gasteiger partial charge < -0.3 is 9.30 Å².